The third-order valence-corrected chi connectivity index (χ3v) is 5.37. The molecule has 0 saturated carbocycles. The minimum atomic E-state index is -1.05. The van der Waals surface area contributed by atoms with Crippen molar-refractivity contribution >= 4 is 28.6 Å². The van der Waals surface area contributed by atoms with Gasteiger partial charge in [-0.25, -0.2) is 14.5 Å². The Hall–Kier alpha value is -4.14. The van der Waals surface area contributed by atoms with Crippen molar-refractivity contribution in [1.82, 2.24) is 19.3 Å². The Morgan fingerprint density at radius 2 is 1.94 bits per heavy atom. The molecule has 0 aliphatic heterocycles. The molecule has 1 atom stereocenters. The first-order valence-electron chi connectivity index (χ1n) is 10.2. The first-order valence-corrected chi connectivity index (χ1v) is 10.2. The largest absolute Gasteiger partial charge is 0.449 e. The van der Waals surface area contributed by atoms with Crippen LogP contribution in [-0.2, 0) is 16.6 Å². The molecule has 32 heavy (non-hydrogen) atoms. The van der Waals surface area contributed by atoms with Crippen molar-refractivity contribution in [3.05, 3.63) is 76.5 Å². The van der Waals surface area contributed by atoms with Gasteiger partial charge in [-0.1, -0.05) is 25.1 Å². The number of imidazole rings is 1. The molecule has 164 valence electrons. The summed E-state index contributed by atoms with van der Waals surface area (Å²) in [6, 6.07) is 14.0. The highest BCUT2D eigenvalue weighted by atomic mass is 16.5. The van der Waals surface area contributed by atoms with Gasteiger partial charge < -0.3 is 15.0 Å². The molecule has 4 aromatic rings. The molecule has 0 aliphatic rings. The van der Waals surface area contributed by atoms with E-state index in [1.807, 2.05) is 18.2 Å². The van der Waals surface area contributed by atoms with Crippen molar-refractivity contribution in [3.63, 3.8) is 0 Å². The van der Waals surface area contributed by atoms with Crippen molar-refractivity contribution in [3.8, 4) is 5.69 Å². The quantitative estimate of drug-likeness (QED) is 0.454. The van der Waals surface area contributed by atoms with Crippen molar-refractivity contribution in [2.75, 3.05) is 5.32 Å². The standard InChI is InChI=1S/C23H23N5O4/c1-4-19(32-23(31)15-10-11-17-18(12-15)25-13-24-17)21(29)26-20-14(2)27(3)28(22(20)30)16-8-6-5-7-9-16/h5-13,19H,4H2,1-3H3,(H,24,25)(H,26,29). The van der Waals surface area contributed by atoms with Crippen LogP contribution in [0.25, 0.3) is 16.7 Å². The van der Waals surface area contributed by atoms with E-state index in [2.05, 4.69) is 15.3 Å². The smallest absolute Gasteiger partial charge is 0.338 e. The summed E-state index contributed by atoms with van der Waals surface area (Å²) in [4.78, 5) is 45.5. The molecule has 0 saturated heterocycles. The number of carbonyl (C=O) groups excluding carboxylic acids is 2. The summed E-state index contributed by atoms with van der Waals surface area (Å²) in [6.45, 7) is 3.47. The molecular weight excluding hydrogens is 410 g/mol. The van der Waals surface area contributed by atoms with Gasteiger partial charge in [-0.3, -0.25) is 14.3 Å². The summed E-state index contributed by atoms with van der Waals surface area (Å²) in [5.74, 6) is -1.19. The maximum atomic E-state index is 13.0. The second kappa shape index (κ2) is 8.54. The van der Waals surface area contributed by atoms with Crippen LogP contribution in [0.4, 0.5) is 5.69 Å². The summed E-state index contributed by atoms with van der Waals surface area (Å²) >= 11 is 0. The maximum absolute atomic E-state index is 13.0. The van der Waals surface area contributed by atoms with Crippen LogP contribution >= 0.6 is 0 Å². The van der Waals surface area contributed by atoms with E-state index in [1.54, 1.807) is 55.9 Å². The van der Waals surface area contributed by atoms with Gasteiger partial charge in [-0.15, -0.1) is 0 Å². The number of nitrogens with one attached hydrogen (secondary N) is 2. The van der Waals surface area contributed by atoms with Gasteiger partial charge in [-0.2, -0.15) is 0 Å². The molecule has 2 aromatic heterocycles. The number of H-pyrrole nitrogens is 1. The van der Waals surface area contributed by atoms with Gasteiger partial charge in [0.25, 0.3) is 11.5 Å². The lowest BCUT2D eigenvalue weighted by atomic mass is 10.2. The molecule has 0 fully saturated rings. The minimum absolute atomic E-state index is 0.148. The molecule has 4 rings (SSSR count). The van der Waals surface area contributed by atoms with Gasteiger partial charge in [0.2, 0.25) is 0 Å². The molecule has 9 heteroatoms. The van der Waals surface area contributed by atoms with Crippen molar-refractivity contribution < 1.29 is 14.3 Å². The molecule has 0 spiro atoms. The number of hydrogen-bond donors (Lipinski definition) is 2. The number of aromatic nitrogens is 4. The van der Waals surface area contributed by atoms with Gasteiger partial charge in [0.05, 0.1) is 34.3 Å². The molecule has 1 unspecified atom stereocenters. The summed E-state index contributed by atoms with van der Waals surface area (Å²) in [5.41, 5.74) is 2.76. The highest BCUT2D eigenvalue weighted by molar-refractivity contribution is 5.98. The second-order valence-electron chi connectivity index (χ2n) is 7.36. The van der Waals surface area contributed by atoms with Crippen molar-refractivity contribution in [1.29, 1.82) is 0 Å². The van der Waals surface area contributed by atoms with E-state index in [9.17, 15) is 14.4 Å². The zero-order valence-electron chi connectivity index (χ0n) is 18.0. The van der Waals surface area contributed by atoms with Gasteiger partial charge in [-0.05, 0) is 43.7 Å². The van der Waals surface area contributed by atoms with Crippen molar-refractivity contribution in [2.45, 2.75) is 26.4 Å². The minimum Gasteiger partial charge on any atom is -0.449 e. The Morgan fingerprint density at radius 3 is 2.66 bits per heavy atom. The van der Waals surface area contributed by atoms with E-state index in [-0.39, 0.29) is 17.7 Å². The fourth-order valence-electron chi connectivity index (χ4n) is 3.50. The number of hydrogen-bond acceptors (Lipinski definition) is 5. The normalized spacial score (nSPS) is 12.0. The number of anilines is 1. The van der Waals surface area contributed by atoms with E-state index < -0.39 is 18.0 Å². The highest BCUT2D eigenvalue weighted by Gasteiger charge is 2.25. The number of esters is 1. The molecule has 2 N–H and O–H groups in total. The zero-order valence-corrected chi connectivity index (χ0v) is 18.0. The summed E-state index contributed by atoms with van der Waals surface area (Å²) in [7, 11) is 1.74. The van der Waals surface area contributed by atoms with E-state index in [4.69, 9.17) is 4.74 Å². The molecular formula is C23H23N5O4. The fourth-order valence-corrected chi connectivity index (χ4v) is 3.50. The molecule has 2 aromatic carbocycles. The molecule has 2 heterocycles. The topological polar surface area (TPSA) is 111 Å². The number of amides is 1. The average Bonchev–Trinajstić information content (AvgIpc) is 3.35. The number of carbonyl (C=O) groups is 2. The number of nitrogens with zero attached hydrogens (tertiary/aromatic N) is 3. The van der Waals surface area contributed by atoms with Crippen LogP contribution in [0.5, 0.6) is 0 Å². The molecule has 1 amide bonds. The lowest BCUT2D eigenvalue weighted by molar-refractivity contribution is -0.124. The maximum Gasteiger partial charge on any atom is 0.338 e. The Balaban J connectivity index is 1.54. The number of benzene rings is 2. The first kappa shape index (κ1) is 21.1. The van der Waals surface area contributed by atoms with Crippen LogP contribution < -0.4 is 10.9 Å². The summed E-state index contributed by atoms with van der Waals surface area (Å²) in [6.07, 6.45) is 0.735. The number of aromatic amines is 1. The number of para-hydroxylation sites is 1. The molecule has 0 radical (unpaired) electrons. The Morgan fingerprint density at radius 1 is 1.19 bits per heavy atom. The number of ether oxygens (including phenoxy) is 1. The highest BCUT2D eigenvalue weighted by Crippen LogP contribution is 2.17. The fraction of sp³-hybridized carbons (Fsp3) is 0.217. The SMILES string of the molecule is CCC(OC(=O)c1ccc2nc[nH]c2c1)C(=O)Nc1c(C)n(C)n(-c2ccccc2)c1=O. The van der Waals surface area contributed by atoms with Gasteiger partial charge in [0.15, 0.2) is 6.10 Å². The second-order valence-corrected chi connectivity index (χ2v) is 7.36. The third kappa shape index (κ3) is 3.80. The third-order valence-electron chi connectivity index (χ3n) is 5.37. The van der Waals surface area contributed by atoms with Crippen LogP contribution in [-0.4, -0.2) is 37.3 Å². The van der Waals surface area contributed by atoms with Gasteiger partial charge in [0.1, 0.15) is 5.69 Å². The predicted molar refractivity (Wildman–Crippen MR) is 120 cm³/mol. The van der Waals surface area contributed by atoms with E-state index in [0.29, 0.717) is 22.5 Å². The van der Waals surface area contributed by atoms with Crippen molar-refractivity contribution in [2.24, 2.45) is 7.05 Å². The van der Waals surface area contributed by atoms with E-state index in [0.717, 1.165) is 5.52 Å². The average molecular weight is 433 g/mol. The molecule has 0 bridgehead atoms. The predicted octanol–water partition coefficient (Wildman–Crippen LogP) is 2.93. The van der Waals surface area contributed by atoms with Gasteiger partial charge in [0, 0.05) is 7.05 Å². The first-order chi connectivity index (χ1) is 15.4. The van der Waals surface area contributed by atoms with Crippen LogP contribution in [0.1, 0.15) is 29.4 Å². The van der Waals surface area contributed by atoms with E-state index >= 15 is 0 Å². The lowest BCUT2D eigenvalue weighted by Crippen LogP contribution is -2.33. The van der Waals surface area contributed by atoms with E-state index in [1.165, 1.54) is 11.0 Å². The molecule has 9 nitrogen and oxygen atoms in total. The van der Waals surface area contributed by atoms with Crippen LogP contribution in [0.2, 0.25) is 0 Å². The van der Waals surface area contributed by atoms with Crippen LogP contribution in [0, 0.1) is 6.92 Å². The summed E-state index contributed by atoms with van der Waals surface area (Å²) in [5, 5.41) is 2.66. The number of rotatable bonds is 6. The molecule has 0 aliphatic carbocycles. The lowest BCUT2D eigenvalue weighted by Gasteiger charge is -2.15. The zero-order chi connectivity index (χ0) is 22.8. The van der Waals surface area contributed by atoms with Crippen LogP contribution in [0.3, 0.4) is 0 Å². The summed E-state index contributed by atoms with van der Waals surface area (Å²) < 4.78 is 8.58. The Bertz CT molecular complexity index is 1350. The number of fused-ring (bicyclic) bond motifs is 1. The van der Waals surface area contributed by atoms with Gasteiger partial charge >= 0.3 is 5.97 Å². The Labute approximate surface area is 183 Å². The Kier molecular flexibility index (Phi) is 5.63. The van der Waals surface area contributed by atoms with Crippen LogP contribution in [0.15, 0.2) is 59.7 Å². The monoisotopic (exact) mass is 433 g/mol.